The SMILES string of the molecule is N#CCNC(=O)CC(NCC=NS(=O)(=O)c1ccccc1)S(=O)(=O)Cc1ccccc1OC(F)F. The van der Waals surface area contributed by atoms with Crippen molar-refractivity contribution in [3.63, 3.8) is 0 Å². The maximum absolute atomic E-state index is 13.0. The Morgan fingerprint density at radius 1 is 1.09 bits per heavy atom. The molecule has 2 N–H and O–H groups in total. The number of sulfone groups is 1. The first-order valence-electron chi connectivity index (χ1n) is 10.0. The van der Waals surface area contributed by atoms with E-state index in [4.69, 9.17) is 5.26 Å². The first kappa shape index (κ1) is 27.8. The summed E-state index contributed by atoms with van der Waals surface area (Å²) in [6, 6.07) is 14.3. The number of rotatable bonds is 13. The Morgan fingerprint density at radius 3 is 2.40 bits per heavy atom. The minimum absolute atomic E-state index is 0.0580. The second kappa shape index (κ2) is 12.9. The first-order chi connectivity index (χ1) is 16.5. The Balaban J connectivity index is 2.20. The van der Waals surface area contributed by atoms with Gasteiger partial charge in [0.15, 0.2) is 9.84 Å². The number of hydrogen-bond acceptors (Lipinski definition) is 8. The van der Waals surface area contributed by atoms with Gasteiger partial charge in [0.2, 0.25) is 5.91 Å². The number of ether oxygens (including phenoxy) is 1. The van der Waals surface area contributed by atoms with Crippen molar-refractivity contribution in [2.75, 3.05) is 13.1 Å². The molecular weight excluding hydrogens is 506 g/mol. The monoisotopic (exact) mass is 528 g/mol. The molecule has 0 aliphatic rings. The Hall–Kier alpha value is -3.41. The van der Waals surface area contributed by atoms with Gasteiger partial charge in [0.1, 0.15) is 17.7 Å². The number of halogens is 2. The second-order valence-corrected chi connectivity index (χ2v) is 10.7. The molecule has 0 fully saturated rings. The molecule has 0 radical (unpaired) electrons. The van der Waals surface area contributed by atoms with E-state index in [-0.39, 0.29) is 29.3 Å². The average molecular weight is 529 g/mol. The molecule has 0 heterocycles. The van der Waals surface area contributed by atoms with Gasteiger partial charge in [0.05, 0.1) is 23.1 Å². The molecular formula is C21H22F2N4O6S2. The zero-order chi connectivity index (χ0) is 25.9. The highest BCUT2D eigenvalue weighted by molar-refractivity contribution is 7.91. The van der Waals surface area contributed by atoms with E-state index in [1.54, 1.807) is 12.1 Å². The first-order valence-corrected chi connectivity index (χ1v) is 13.2. The minimum Gasteiger partial charge on any atom is -0.435 e. The number of alkyl halides is 2. The van der Waals surface area contributed by atoms with Crippen molar-refractivity contribution >= 4 is 32.0 Å². The Labute approximate surface area is 201 Å². The van der Waals surface area contributed by atoms with E-state index in [0.29, 0.717) is 0 Å². The fourth-order valence-electron chi connectivity index (χ4n) is 2.83. The molecule has 2 aromatic carbocycles. The van der Waals surface area contributed by atoms with Crippen LogP contribution in [0.5, 0.6) is 5.75 Å². The highest BCUT2D eigenvalue weighted by Crippen LogP contribution is 2.24. The summed E-state index contributed by atoms with van der Waals surface area (Å²) in [6.07, 6.45) is 0.313. The molecule has 0 aliphatic heterocycles. The molecule has 0 saturated heterocycles. The summed E-state index contributed by atoms with van der Waals surface area (Å²) in [5.41, 5.74) is -0.0580. The summed E-state index contributed by atoms with van der Waals surface area (Å²) in [4.78, 5) is 12.0. The van der Waals surface area contributed by atoms with Crippen LogP contribution in [-0.4, -0.2) is 54.0 Å². The van der Waals surface area contributed by atoms with Gasteiger partial charge in [-0.05, 0) is 18.2 Å². The predicted molar refractivity (Wildman–Crippen MR) is 123 cm³/mol. The lowest BCUT2D eigenvalue weighted by Crippen LogP contribution is -2.42. The van der Waals surface area contributed by atoms with Gasteiger partial charge in [-0.25, -0.2) is 8.42 Å². The van der Waals surface area contributed by atoms with Crippen molar-refractivity contribution in [2.45, 2.75) is 29.1 Å². The minimum atomic E-state index is -4.21. The number of hydrogen-bond donors (Lipinski definition) is 2. The van der Waals surface area contributed by atoms with E-state index in [9.17, 15) is 30.4 Å². The normalized spacial score (nSPS) is 12.9. The Kier molecular flexibility index (Phi) is 10.2. The van der Waals surface area contributed by atoms with Gasteiger partial charge < -0.3 is 10.1 Å². The summed E-state index contributed by atoms with van der Waals surface area (Å²) in [6.45, 7) is -3.88. The highest BCUT2D eigenvalue weighted by Gasteiger charge is 2.29. The third-order valence-electron chi connectivity index (χ3n) is 4.41. The lowest BCUT2D eigenvalue weighted by molar-refractivity contribution is -0.120. The van der Waals surface area contributed by atoms with Gasteiger partial charge >= 0.3 is 6.61 Å². The lowest BCUT2D eigenvalue weighted by atomic mass is 10.2. The van der Waals surface area contributed by atoms with Crippen LogP contribution < -0.4 is 15.4 Å². The number of nitriles is 1. The topological polar surface area (TPSA) is 155 Å². The molecule has 14 heteroatoms. The van der Waals surface area contributed by atoms with Crippen molar-refractivity contribution < 1.29 is 35.1 Å². The second-order valence-electron chi connectivity index (χ2n) is 6.91. The number of amides is 1. The Bertz CT molecular complexity index is 1280. The van der Waals surface area contributed by atoms with Crippen molar-refractivity contribution in [3.05, 3.63) is 60.2 Å². The van der Waals surface area contributed by atoms with Crippen LogP contribution in [0, 0.1) is 11.3 Å². The van der Waals surface area contributed by atoms with E-state index in [1.807, 2.05) is 0 Å². The molecule has 188 valence electrons. The molecule has 0 aliphatic carbocycles. The number of carbonyl (C=O) groups excluding carboxylic acids is 1. The van der Waals surface area contributed by atoms with Crippen LogP contribution in [0.1, 0.15) is 12.0 Å². The standard InChI is InChI=1S/C21H22F2N4O6S2/c22-21(23)33-18-9-5-4-6-16(18)15-34(29,30)20(14-19(28)25-11-10-24)26-12-13-27-35(31,32)17-7-2-1-3-8-17/h1-9,13,20-21,26H,11-12,14-15H2,(H,25,28). The van der Waals surface area contributed by atoms with Crippen molar-refractivity contribution in [1.29, 1.82) is 5.26 Å². The summed E-state index contributed by atoms with van der Waals surface area (Å²) in [5.74, 6) is -1.86. The van der Waals surface area contributed by atoms with Crippen LogP contribution in [0.4, 0.5) is 8.78 Å². The molecule has 2 aromatic rings. The third kappa shape index (κ3) is 9.04. The van der Waals surface area contributed by atoms with Crippen molar-refractivity contribution in [2.24, 2.45) is 4.40 Å². The van der Waals surface area contributed by atoms with E-state index in [1.165, 1.54) is 48.5 Å². The maximum Gasteiger partial charge on any atom is 0.387 e. The average Bonchev–Trinajstić information content (AvgIpc) is 2.81. The van der Waals surface area contributed by atoms with Gasteiger partial charge in [0.25, 0.3) is 10.0 Å². The number of nitrogens with zero attached hydrogens (tertiary/aromatic N) is 2. The Morgan fingerprint density at radius 2 is 1.74 bits per heavy atom. The van der Waals surface area contributed by atoms with Gasteiger partial charge in [-0.3, -0.25) is 10.1 Å². The lowest BCUT2D eigenvalue weighted by Gasteiger charge is -2.19. The number of carbonyl (C=O) groups is 1. The molecule has 0 saturated carbocycles. The van der Waals surface area contributed by atoms with Crippen LogP contribution in [0.2, 0.25) is 0 Å². The van der Waals surface area contributed by atoms with E-state index < -0.39 is 49.9 Å². The van der Waals surface area contributed by atoms with E-state index in [2.05, 4.69) is 19.8 Å². The molecule has 0 bridgehead atoms. The maximum atomic E-state index is 13.0. The van der Waals surface area contributed by atoms with Crippen LogP contribution >= 0.6 is 0 Å². The zero-order valence-corrected chi connectivity index (χ0v) is 19.8. The van der Waals surface area contributed by atoms with Gasteiger partial charge in [-0.1, -0.05) is 36.4 Å². The number of nitrogens with one attached hydrogen (secondary N) is 2. The molecule has 1 amide bonds. The summed E-state index contributed by atoms with van der Waals surface area (Å²) in [5, 5.41) is 11.8. The van der Waals surface area contributed by atoms with Crippen LogP contribution in [0.3, 0.4) is 0 Å². The van der Waals surface area contributed by atoms with Crippen LogP contribution in [0.25, 0.3) is 0 Å². The number of para-hydroxylation sites is 1. The molecule has 0 spiro atoms. The fourth-order valence-corrected chi connectivity index (χ4v) is 5.35. The van der Waals surface area contributed by atoms with Crippen molar-refractivity contribution in [3.8, 4) is 11.8 Å². The summed E-state index contributed by atoms with van der Waals surface area (Å²) >= 11 is 0. The highest BCUT2D eigenvalue weighted by atomic mass is 32.2. The van der Waals surface area contributed by atoms with E-state index in [0.717, 1.165) is 6.21 Å². The van der Waals surface area contributed by atoms with Gasteiger partial charge in [-0.2, -0.15) is 26.9 Å². The quantitative estimate of drug-likeness (QED) is 0.294. The predicted octanol–water partition coefficient (Wildman–Crippen LogP) is 1.61. The van der Waals surface area contributed by atoms with Crippen LogP contribution in [-0.2, 0) is 30.4 Å². The fraction of sp³-hybridized carbons (Fsp3) is 0.286. The molecule has 35 heavy (non-hydrogen) atoms. The number of benzene rings is 2. The summed E-state index contributed by atoms with van der Waals surface area (Å²) in [7, 11) is -8.23. The molecule has 2 rings (SSSR count). The smallest absolute Gasteiger partial charge is 0.387 e. The molecule has 1 unspecified atom stereocenters. The van der Waals surface area contributed by atoms with Crippen LogP contribution in [0.15, 0.2) is 63.9 Å². The van der Waals surface area contributed by atoms with Crippen molar-refractivity contribution in [1.82, 2.24) is 10.6 Å². The molecule has 10 nitrogen and oxygen atoms in total. The van der Waals surface area contributed by atoms with Gasteiger partial charge in [0, 0.05) is 18.3 Å². The molecule has 0 aromatic heterocycles. The third-order valence-corrected chi connectivity index (χ3v) is 7.61. The zero-order valence-electron chi connectivity index (χ0n) is 18.2. The summed E-state index contributed by atoms with van der Waals surface area (Å²) < 4.78 is 83.7. The number of sulfonamides is 1. The van der Waals surface area contributed by atoms with Gasteiger partial charge in [-0.15, -0.1) is 0 Å². The largest absolute Gasteiger partial charge is 0.435 e. The van der Waals surface area contributed by atoms with E-state index >= 15 is 0 Å². The molecule has 1 atom stereocenters.